The summed E-state index contributed by atoms with van der Waals surface area (Å²) in [6.07, 6.45) is 0. The minimum Gasteiger partial charge on any atom is -0.490 e. The molecule has 128 valence electrons. The van der Waals surface area contributed by atoms with E-state index >= 15 is 0 Å². The molecule has 2 aromatic rings. The monoisotopic (exact) mass is 336 g/mol. The van der Waals surface area contributed by atoms with E-state index in [0.29, 0.717) is 18.7 Å². The fourth-order valence-corrected chi connectivity index (χ4v) is 3.51. The lowest BCUT2D eigenvalue weighted by atomic mass is 10.0. The summed E-state index contributed by atoms with van der Waals surface area (Å²) < 4.78 is 5.77. The van der Waals surface area contributed by atoms with Gasteiger partial charge in [0, 0.05) is 17.7 Å². The van der Waals surface area contributed by atoms with E-state index in [2.05, 4.69) is 5.32 Å². The smallest absolute Gasteiger partial charge is 0.254 e. The highest BCUT2D eigenvalue weighted by Gasteiger charge is 2.31. The van der Waals surface area contributed by atoms with Gasteiger partial charge in [-0.1, -0.05) is 30.3 Å². The highest BCUT2D eigenvalue weighted by Crippen LogP contribution is 2.36. The predicted molar refractivity (Wildman–Crippen MR) is 93.5 cm³/mol. The molecule has 5 nitrogen and oxygen atoms in total. The molecule has 2 aliphatic rings. The maximum absolute atomic E-state index is 12.5. The first-order chi connectivity index (χ1) is 12.0. The van der Waals surface area contributed by atoms with E-state index < -0.39 is 0 Å². The second-order valence-electron chi connectivity index (χ2n) is 6.68. The van der Waals surface area contributed by atoms with Gasteiger partial charge in [-0.15, -0.1) is 0 Å². The Labute approximate surface area is 146 Å². The zero-order chi connectivity index (χ0) is 17.6. The highest BCUT2D eigenvalue weighted by molar-refractivity contribution is 6.00. The topological polar surface area (TPSA) is 58.6 Å². The van der Waals surface area contributed by atoms with Crippen LogP contribution in [0, 0.1) is 13.8 Å². The number of aryl methyl sites for hydroxylation is 1. The number of carbonyl (C=O) groups is 2. The summed E-state index contributed by atoms with van der Waals surface area (Å²) in [6, 6.07) is 11.4. The maximum Gasteiger partial charge on any atom is 0.254 e. The first-order valence-electron chi connectivity index (χ1n) is 8.44. The highest BCUT2D eigenvalue weighted by atomic mass is 16.5. The third kappa shape index (κ3) is 2.65. The molecule has 0 bridgehead atoms. The SMILES string of the molecule is Cc1ccc2c(c1C)OC[C@H]2NC(=O)CN1Cc2ccccc2C1=O. The minimum atomic E-state index is -0.166. The van der Waals surface area contributed by atoms with Crippen LogP contribution in [0.25, 0.3) is 0 Å². The number of nitrogens with one attached hydrogen (secondary N) is 1. The molecule has 0 spiro atoms. The lowest BCUT2D eigenvalue weighted by molar-refractivity contribution is -0.122. The van der Waals surface area contributed by atoms with Crippen LogP contribution in [-0.2, 0) is 11.3 Å². The second-order valence-corrected chi connectivity index (χ2v) is 6.68. The van der Waals surface area contributed by atoms with Crippen LogP contribution in [0.5, 0.6) is 5.75 Å². The minimum absolute atomic E-state index is 0.0597. The van der Waals surface area contributed by atoms with E-state index in [1.807, 2.05) is 50.2 Å². The molecule has 0 aliphatic carbocycles. The quantitative estimate of drug-likeness (QED) is 0.937. The average molecular weight is 336 g/mol. The van der Waals surface area contributed by atoms with E-state index in [1.54, 1.807) is 4.90 Å². The molecular formula is C20H20N2O3. The molecule has 0 radical (unpaired) electrons. The lowest BCUT2D eigenvalue weighted by Gasteiger charge is -2.17. The van der Waals surface area contributed by atoms with Crippen molar-refractivity contribution in [2.24, 2.45) is 0 Å². The van der Waals surface area contributed by atoms with Crippen molar-refractivity contribution in [2.75, 3.05) is 13.2 Å². The lowest BCUT2D eigenvalue weighted by Crippen LogP contribution is -2.39. The Bertz CT molecular complexity index is 875. The zero-order valence-electron chi connectivity index (χ0n) is 14.3. The van der Waals surface area contributed by atoms with Gasteiger partial charge in [-0.05, 0) is 36.6 Å². The summed E-state index contributed by atoms with van der Waals surface area (Å²) in [4.78, 5) is 26.4. The third-order valence-corrected chi connectivity index (χ3v) is 5.04. The molecule has 2 aromatic carbocycles. The van der Waals surface area contributed by atoms with Crippen LogP contribution in [0.3, 0.4) is 0 Å². The third-order valence-electron chi connectivity index (χ3n) is 5.04. The summed E-state index contributed by atoms with van der Waals surface area (Å²) >= 11 is 0. The molecule has 2 amide bonds. The first-order valence-corrected chi connectivity index (χ1v) is 8.44. The predicted octanol–water partition coefficient (Wildman–Crippen LogP) is 2.51. The van der Waals surface area contributed by atoms with Crippen molar-refractivity contribution in [3.63, 3.8) is 0 Å². The standard InChI is InChI=1S/C20H20N2O3/c1-12-7-8-16-17(11-25-19(16)13(12)2)21-18(23)10-22-9-14-5-3-4-6-15(14)20(22)24/h3-8,17H,9-11H2,1-2H3,(H,21,23)/t17-/m1/s1. The number of rotatable bonds is 3. The molecule has 0 saturated carbocycles. The number of ether oxygens (including phenoxy) is 1. The van der Waals surface area contributed by atoms with Gasteiger partial charge in [-0.3, -0.25) is 9.59 Å². The van der Waals surface area contributed by atoms with Gasteiger partial charge in [0.2, 0.25) is 5.91 Å². The molecule has 1 atom stereocenters. The summed E-state index contributed by atoms with van der Waals surface area (Å²) in [7, 11) is 0. The Kier molecular flexibility index (Phi) is 3.71. The van der Waals surface area contributed by atoms with Crippen LogP contribution in [0.15, 0.2) is 36.4 Å². The summed E-state index contributed by atoms with van der Waals surface area (Å²) in [5.41, 5.74) is 4.95. The van der Waals surface area contributed by atoms with E-state index in [4.69, 9.17) is 4.74 Å². The van der Waals surface area contributed by atoms with Gasteiger partial charge >= 0.3 is 0 Å². The van der Waals surface area contributed by atoms with Gasteiger partial charge in [0.15, 0.2) is 0 Å². The zero-order valence-corrected chi connectivity index (χ0v) is 14.3. The largest absolute Gasteiger partial charge is 0.490 e. The Morgan fingerprint density at radius 1 is 1.24 bits per heavy atom. The second kappa shape index (κ2) is 5.92. The number of benzene rings is 2. The van der Waals surface area contributed by atoms with Crippen molar-refractivity contribution in [1.82, 2.24) is 10.2 Å². The van der Waals surface area contributed by atoms with E-state index in [-0.39, 0.29) is 24.4 Å². The van der Waals surface area contributed by atoms with Crippen molar-refractivity contribution >= 4 is 11.8 Å². The van der Waals surface area contributed by atoms with Crippen LogP contribution < -0.4 is 10.1 Å². The van der Waals surface area contributed by atoms with Gasteiger partial charge in [0.25, 0.3) is 5.91 Å². The van der Waals surface area contributed by atoms with Gasteiger partial charge in [0.1, 0.15) is 18.9 Å². The van der Waals surface area contributed by atoms with Gasteiger partial charge in [-0.25, -0.2) is 0 Å². The number of carbonyl (C=O) groups excluding carboxylic acids is 2. The maximum atomic E-state index is 12.5. The molecule has 0 aromatic heterocycles. The molecule has 0 unspecified atom stereocenters. The Balaban J connectivity index is 1.44. The molecule has 0 saturated heterocycles. The van der Waals surface area contributed by atoms with Crippen molar-refractivity contribution in [2.45, 2.75) is 26.4 Å². The van der Waals surface area contributed by atoms with Crippen LogP contribution >= 0.6 is 0 Å². The van der Waals surface area contributed by atoms with Crippen LogP contribution in [0.1, 0.15) is 38.7 Å². The normalized spacial score (nSPS) is 17.9. The van der Waals surface area contributed by atoms with E-state index in [9.17, 15) is 9.59 Å². The van der Waals surface area contributed by atoms with E-state index in [1.165, 1.54) is 5.56 Å². The Morgan fingerprint density at radius 3 is 2.84 bits per heavy atom. The van der Waals surface area contributed by atoms with Crippen LogP contribution in [0.4, 0.5) is 0 Å². The van der Waals surface area contributed by atoms with Gasteiger partial charge in [-0.2, -0.15) is 0 Å². The average Bonchev–Trinajstić information content (AvgIpc) is 3.14. The molecule has 4 rings (SSSR count). The molecule has 5 heteroatoms. The van der Waals surface area contributed by atoms with Crippen molar-refractivity contribution < 1.29 is 14.3 Å². The first kappa shape index (κ1) is 15.7. The fourth-order valence-electron chi connectivity index (χ4n) is 3.51. The molecule has 25 heavy (non-hydrogen) atoms. The van der Waals surface area contributed by atoms with Crippen LogP contribution in [0.2, 0.25) is 0 Å². The van der Waals surface area contributed by atoms with Gasteiger partial charge in [0.05, 0.1) is 6.04 Å². The van der Waals surface area contributed by atoms with Crippen LogP contribution in [-0.4, -0.2) is 29.9 Å². The Morgan fingerprint density at radius 2 is 2.04 bits per heavy atom. The summed E-state index contributed by atoms with van der Waals surface area (Å²) in [5, 5.41) is 3.00. The number of hydrogen-bond donors (Lipinski definition) is 1. The summed E-state index contributed by atoms with van der Waals surface area (Å²) in [6.45, 7) is 5.04. The summed E-state index contributed by atoms with van der Waals surface area (Å²) in [5.74, 6) is 0.621. The number of fused-ring (bicyclic) bond motifs is 2. The fraction of sp³-hybridized carbons (Fsp3) is 0.300. The molecule has 2 aliphatic heterocycles. The number of hydrogen-bond acceptors (Lipinski definition) is 3. The molecule has 1 N–H and O–H groups in total. The van der Waals surface area contributed by atoms with Crippen molar-refractivity contribution in [3.05, 3.63) is 64.2 Å². The molecule has 2 heterocycles. The van der Waals surface area contributed by atoms with Crippen molar-refractivity contribution in [1.29, 1.82) is 0 Å². The van der Waals surface area contributed by atoms with Gasteiger partial charge < -0.3 is 15.0 Å². The number of nitrogens with zero attached hydrogens (tertiary/aromatic N) is 1. The Hall–Kier alpha value is -2.82. The van der Waals surface area contributed by atoms with E-state index in [0.717, 1.165) is 22.4 Å². The van der Waals surface area contributed by atoms with Crippen molar-refractivity contribution in [3.8, 4) is 5.75 Å². The molecular weight excluding hydrogens is 316 g/mol. The number of amides is 2. The molecule has 0 fully saturated rings.